The maximum atomic E-state index is 10.8. The number of ether oxygens (including phenoxy) is 1. The van der Waals surface area contributed by atoms with Gasteiger partial charge in [-0.05, 0) is 43.9 Å². The minimum Gasteiger partial charge on any atom is -0.496 e. The number of amides is 1. The van der Waals surface area contributed by atoms with Crippen molar-refractivity contribution < 1.29 is 14.6 Å². The van der Waals surface area contributed by atoms with E-state index in [9.17, 15) is 4.79 Å². The number of carbonyl (C=O) groups is 1. The van der Waals surface area contributed by atoms with Gasteiger partial charge in [0.1, 0.15) is 5.75 Å². The van der Waals surface area contributed by atoms with Gasteiger partial charge in [-0.1, -0.05) is 15.9 Å². The van der Waals surface area contributed by atoms with Gasteiger partial charge in [-0.3, -0.25) is 0 Å². The standard InChI is InChI=1S/C14H20BrNO3/c1-8-9(2)13(19-5)11(10(3)12(8)15)6-7-16(4)14(17)18/h6-7H2,1-5H3,(H,17,18). The predicted molar refractivity (Wildman–Crippen MR) is 79.3 cm³/mol. The third-order valence-corrected chi connectivity index (χ3v) is 4.71. The molecule has 0 aliphatic carbocycles. The second-order valence-corrected chi connectivity index (χ2v) is 5.45. The van der Waals surface area contributed by atoms with Crippen molar-refractivity contribution in [2.24, 2.45) is 0 Å². The van der Waals surface area contributed by atoms with Crippen molar-refractivity contribution in [3.63, 3.8) is 0 Å². The van der Waals surface area contributed by atoms with Crippen molar-refractivity contribution >= 4 is 22.0 Å². The monoisotopic (exact) mass is 329 g/mol. The lowest BCUT2D eigenvalue weighted by Crippen LogP contribution is -2.27. The van der Waals surface area contributed by atoms with E-state index in [-0.39, 0.29) is 0 Å². The molecule has 19 heavy (non-hydrogen) atoms. The largest absolute Gasteiger partial charge is 0.496 e. The number of halogens is 1. The molecule has 1 N–H and O–H groups in total. The Balaban J connectivity index is 3.16. The van der Waals surface area contributed by atoms with Crippen LogP contribution < -0.4 is 4.74 Å². The van der Waals surface area contributed by atoms with E-state index in [1.807, 2.05) is 20.8 Å². The highest BCUT2D eigenvalue weighted by Crippen LogP contribution is 2.36. The zero-order valence-electron chi connectivity index (χ0n) is 12.0. The lowest BCUT2D eigenvalue weighted by Gasteiger charge is -2.20. The summed E-state index contributed by atoms with van der Waals surface area (Å²) in [5.41, 5.74) is 4.42. The summed E-state index contributed by atoms with van der Waals surface area (Å²) >= 11 is 3.59. The third kappa shape index (κ3) is 3.21. The van der Waals surface area contributed by atoms with Gasteiger partial charge in [-0.25, -0.2) is 4.79 Å². The Morgan fingerprint density at radius 2 is 1.84 bits per heavy atom. The second-order valence-electron chi connectivity index (χ2n) is 4.65. The van der Waals surface area contributed by atoms with Crippen LogP contribution in [0.3, 0.4) is 0 Å². The first-order valence-corrected chi connectivity index (χ1v) is 6.86. The molecule has 1 aromatic carbocycles. The molecule has 0 saturated heterocycles. The highest BCUT2D eigenvalue weighted by atomic mass is 79.9. The Kier molecular flexibility index (Phi) is 5.23. The summed E-state index contributed by atoms with van der Waals surface area (Å²) in [6.07, 6.45) is -0.281. The third-order valence-electron chi connectivity index (χ3n) is 3.52. The first-order chi connectivity index (χ1) is 8.81. The van der Waals surface area contributed by atoms with Crippen molar-refractivity contribution in [2.75, 3.05) is 20.7 Å². The molecule has 1 aromatic rings. The van der Waals surface area contributed by atoms with Crippen molar-refractivity contribution in [1.29, 1.82) is 0 Å². The number of hydrogen-bond donors (Lipinski definition) is 1. The maximum Gasteiger partial charge on any atom is 0.407 e. The topological polar surface area (TPSA) is 49.8 Å². The zero-order valence-corrected chi connectivity index (χ0v) is 13.6. The summed E-state index contributed by atoms with van der Waals surface area (Å²) in [5, 5.41) is 8.89. The smallest absolute Gasteiger partial charge is 0.407 e. The molecule has 0 saturated carbocycles. The van der Waals surface area contributed by atoms with Crippen LogP contribution in [-0.4, -0.2) is 36.8 Å². The Bertz CT molecular complexity index is 500. The van der Waals surface area contributed by atoms with Gasteiger partial charge < -0.3 is 14.7 Å². The highest BCUT2D eigenvalue weighted by Gasteiger charge is 2.17. The molecule has 0 bridgehead atoms. The summed E-state index contributed by atoms with van der Waals surface area (Å²) < 4.78 is 6.57. The first-order valence-electron chi connectivity index (χ1n) is 6.07. The molecule has 0 heterocycles. The van der Waals surface area contributed by atoms with E-state index in [1.165, 1.54) is 4.90 Å². The molecular formula is C14H20BrNO3. The summed E-state index contributed by atoms with van der Waals surface area (Å²) in [4.78, 5) is 12.1. The lowest BCUT2D eigenvalue weighted by molar-refractivity contribution is 0.156. The van der Waals surface area contributed by atoms with Gasteiger partial charge in [0.25, 0.3) is 0 Å². The quantitative estimate of drug-likeness (QED) is 0.919. The average Bonchev–Trinajstić information content (AvgIpc) is 2.38. The molecule has 0 atom stereocenters. The van der Waals surface area contributed by atoms with E-state index in [0.29, 0.717) is 13.0 Å². The van der Waals surface area contributed by atoms with E-state index in [4.69, 9.17) is 9.84 Å². The molecule has 0 radical (unpaired) electrons. The number of benzene rings is 1. The van der Waals surface area contributed by atoms with Crippen LogP contribution in [0.2, 0.25) is 0 Å². The Morgan fingerprint density at radius 3 is 2.32 bits per heavy atom. The zero-order chi connectivity index (χ0) is 14.7. The Hall–Kier alpha value is -1.23. The number of hydrogen-bond acceptors (Lipinski definition) is 2. The minimum absolute atomic E-state index is 0.446. The molecule has 0 spiro atoms. The SMILES string of the molecule is COc1c(C)c(C)c(Br)c(C)c1CCN(C)C(=O)O. The molecule has 4 nitrogen and oxygen atoms in total. The Morgan fingerprint density at radius 1 is 1.26 bits per heavy atom. The van der Waals surface area contributed by atoms with Crippen LogP contribution in [0, 0.1) is 20.8 Å². The van der Waals surface area contributed by atoms with E-state index < -0.39 is 6.09 Å². The number of rotatable bonds is 4. The molecule has 1 amide bonds. The van der Waals surface area contributed by atoms with E-state index in [2.05, 4.69) is 15.9 Å². The van der Waals surface area contributed by atoms with Crippen molar-refractivity contribution in [3.05, 3.63) is 26.7 Å². The van der Waals surface area contributed by atoms with Gasteiger partial charge in [-0.15, -0.1) is 0 Å². The van der Waals surface area contributed by atoms with Crippen molar-refractivity contribution in [3.8, 4) is 5.75 Å². The summed E-state index contributed by atoms with van der Waals surface area (Å²) in [6, 6.07) is 0. The van der Waals surface area contributed by atoms with Gasteiger partial charge in [0, 0.05) is 23.6 Å². The van der Waals surface area contributed by atoms with Crippen LogP contribution in [0.4, 0.5) is 4.79 Å². The van der Waals surface area contributed by atoms with Crippen LogP contribution in [0.1, 0.15) is 22.3 Å². The molecule has 0 unspecified atom stereocenters. The number of nitrogens with zero attached hydrogens (tertiary/aromatic N) is 1. The van der Waals surface area contributed by atoms with Crippen LogP contribution in [0.25, 0.3) is 0 Å². The van der Waals surface area contributed by atoms with Crippen LogP contribution in [-0.2, 0) is 6.42 Å². The van der Waals surface area contributed by atoms with Gasteiger partial charge >= 0.3 is 6.09 Å². The second kappa shape index (κ2) is 6.28. The Labute approximate surface area is 122 Å². The normalized spacial score (nSPS) is 10.4. The van der Waals surface area contributed by atoms with Gasteiger partial charge in [0.2, 0.25) is 0 Å². The highest BCUT2D eigenvalue weighted by molar-refractivity contribution is 9.10. The molecule has 106 valence electrons. The molecular weight excluding hydrogens is 310 g/mol. The summed E-state index contributed by atoms with van der Waals surface area (Å²) in [6.45, 7) is 6.53. The van der Waals surface area contributed by atoms with Crippen LogP contribution in [0.5, 0.6) is 5.75 Å². The molecule has 0 aromatic heterocycles. The maximum absolute atomic E-state index is 10.8. The molecule has 1 rings (SSSR count). The molecule has 0 aliphatic rings. The van der Waals surface area contributed by atoms with Gasteiger partial charge in [0.15, 0.2) is 0 Å². The van der Waals surface area contributed by atoms with E-state index in [1.54, 1.807) is 14.2 Å². The van der Waals surface area contributed by atoms with Crippen molar-refractivity contribution in [2.45, 2.75) is 27.2 Å². The van der Waals surface area contributed by atoms with Gasteiger partial charge in [0.05, 0.1) is 7.11 Å². The molecule has 5 heteroatoms. The van der Waals surface area contributed by atoms with Crippen LogP contribution in [0.15, 0.2) is 4.47 Å². The van der Waals surface area contributed by atoms with Gasteiger partial charge in [-0.2, -0.15) is 0 Å². The number of methoxy groups -OCH3 is 1. The molecule has 0 aliphatic heterocycles. The lowest BCUT2D eigenvalue weighted by atomic mass is 9.97. The average molecular weight is 330 g/mol. The van der Waals surface area contributed by atoms with Crippen LogP contribution >= 0.6 is 15.9 Å². The summed E-state index contributed by atoms with van der Waals surface area (Å²) in [7, 11) is 3.22. The van der Waals surface area contributed by atoms with E-state index in [0.717, 1.165) is 32.5 Å². The number of carboxylic acid groups (broad SMARTS) is 1. The fraction of sp³-hybridized carbons (Fsp3) is 0.500. The minimum atomic E-state index is -0.917. The van der Waals surface area contributed by atoms with E-state index >= 15 is 0 Å². The predicted octanol–water partition coefficient (Wildman–Crippen LogP) is 3.54. The first kappa shape index (κ1) is 15.8. The molecule has 0 fully saturated rings. The summed E-state index contributed by atoms with van der Waals surface area (Å²) in [5.74, 6) is 0.858. The van der Waals surface area contributed by atoms with Crippen molar-refractivity contribution in [1.82, 2.24) is 4.90 Å². The fourth-order valence-electron chi connectivity index (χ4n) is 2.10. The fourth-order valence-corrected chi connectivity index (χ4v) is 2.63. The number of likely N-dealkylation sites (N-methyl/N-ethyl adjacent to an activating group) is 1.